The van der Waals surface area contributed by atoms with Crippen LogP contribution in [0.3, 0.4) is 0 Å². The number of methoxy groups -OCH3 is 1. The molecule has 0 unspecified atom stereocenters. The minimum atomic E-state index is -0.519. The third-order valence-electron chi connectivity index (χ3n) is 5.53. The van der Waals surface area contributed by atoms with Crippen LogP contribution >= 0.6 is 0 Å². The van der Waals surface area contributed by atoms with Crippen LogP contribution in [0.5, 0.6) is 0 Å². The molecule has 0 spiro atoms. The van der Waals surface area contributed by atoms with Gasteiger partial charge in [0.2, 0.25) is 0 Å². The SMILES string of the molecule is CCCCCCCCCCCCCCCCCOC(=O)c1ccccc1C(=O)OC. The number of esters is 2. The smallest absolute Gasteiger partial charge is 0.339 e. The van der Waals surface area contributed by atoms with Crippen LogP contribution in [-0.2, 0) is 9.47 Å². The van der Waals surface area contributed by atoms with Crippen LogP contribution in [0, 0.1) is 0 Å². The maximum Gasteiger partial charge on any atom is 0.339 e. The fourth-order valence-electron chi connectivity index (χ4n) is 3.67. The number of rotatable bonds is 18. The molecule has 0 N–H and O–H groups in total. The monoisotopic (exact) mass is 418 g/mol. The lowest BCUT2D eigenvalue weighted by molar-refractivity contribution is 0.0480. The maximum atomic E-state index is 12.2. The molecule has 0 saturated carbocycles. The Hall–Kier alpha value is -1.84. The highest BCUT2D eigenvalue weighted by Gasteiger charge is 2.17. The van der Waals surface area contributed by atoms with Gasteiger partial charge in [-0.15, -0.1) is 0 Å². The highest BCUT2D eigenvalue weighted by atomic mass is 16.5. The Bertz CT molecular complexity index is 582. The zero-order valence-corrected chi connectivity index (χ0v) is 19.3. The van der Waals surface area contributed by atoms with Crippen molar-refractivity contribution in [2.24, 2.45) is 0 Å². The first kappa shape index (κ1) is 26.2. The fraction of sp³-hybridized carbons (Fsp3) is 0.692. The van der Waals surface area contributed by atoms with Gasteiger partial charge in [-0.05, 0) is 18.6 Å². The summed E-state index contributed by atoms with van der Waals surface area (Å²) < 4.78 is 10.0. The second-order valence-corrected chi connectivity index (χ2v) is 8.12. The van der Waals surface area contributed by atoms with Crippen molar-refractivity contribution < 1.29 is 19.1 Å². The van der Waals surface area contributed by atoms with Crippen molar-refractivity contribution in [2.75, 3.05) is 13.7 Å². The van der Waals surface area contributed by atoms with Gasteiger partial charge in [-0.25, -0.2) is 9.59 Å². The molecule has 0 atom stereocenters. The van der Waals surface area contributed by atoms with E-state index in [4.69, 9.17) is 9.47 Å². The molecule has 1 aromatic rings. The summed E-state index contributed by atoms with van der Waals surface area (Å²) in [5.74, 6) is -0.976. The van der Waals surface area contributed by atoms with E-state index < -0.39 is 11.9 Å². The van der Waals surface area contributed by atoms with Crippen LogP contribution in [0.1, 0.15) is 124 Å². The molecule has 0 saturated heterocycles. The molecule has 4 heteroatoms. The van der Waals surface area contributed by atoms with Crippen molar-refractivity contribution in [1.29, 1.82) is 0 Å². The van der Waals surface area contributed by atoms with Crippen LogP contribution in [0.4, 0.5) is 0 Å². The molecule has 0 radical (unpaired) electrons. The predicted octanol–water partition coefficient (Wildman–Crippen LogP) is 7.50. The van der Waals surface area contributed by atoms with Crippen LogP contribution < -0.4 is 0 Å². The van der Waals surface area contributed by atoms with Gasteiger partial charge in [0.15, 0.2) is 0 Å². The molecular weight excluding hydrogens is 376 g/mol. The summed E-state index contributed by atoms with van der Waals surface area (Å²) >= 11 is 0. The lowest BCUT2D eigenvalue weighted by Crippen LogP contribution is -2.13. The molecule has 0 aliphatic rings. The molecular formula is C26H42O4. The fourth-order valence-corrected chi connectivity index (χ4v) is 3.67. The molecule has 170 valence electrons. The summed E-state index contributed by atoms with van der Waals surface area (Å²) in [6.45, 7) is 2.66. The number of carbonyl (C=O) groups is 2. The summed E-state index contributed by atoms with van der Waals surface area (Å²) in [5, 5.41) is 0. The summed E-state index contributed by atoms with van der Waals surface area (Å²) in [7, 11) is 1.31. The van der Waals surface area contributed by atoms with E-state index in [1.807, 2.05) is 0 Å². The summed E-state index contributed by atoms with van der Waals surface area (Å²) in [6, 6.07) is 6.60. The summed E-state index contributed by atoms with van der Waals surface area (Å²) in [5.41, 5.74) is 0.520. The minimum Gasteiger partial charge on any atom is -0.465 e. The third kappa shape index (κ3) is 12.0. The predicted molar refractivity (Wildman–Crippen MR) is 123 cm³/mol. The van der Waals surface area contributed by atoms with E-state index in [2.05, 4.69) is 6.92 Å². The molecule has 1 aromatic carbocycles. The van der Waals surface area contributed by atoms with Crippen molar-refractivity contribution in [1.82, 2.24) is 0 Å². The number of ether oxygens (including phenoxy) is 2. The lowest BCUT2D eigenvalue weighted by atomic mass is 10.0. The van der Waals surface area contributed by atoms with Gasteiger partial charge >= 0.3 is 11.9 Å². The average molecular weight is 419 g/mol. The molecule has 0 aliphatic heterocycles. The van der Waals surface area contributed by atoms with E-state index in [9.17, 15) is 9.59 Å². The molecule has 0 bridgehead atoms. The highest BCUT2D eigenvalue weighted by molar-refractivity contribution is 6.03. The first-order valence-electron chi connectivity index (χ1n) is 12.0. The zero-order valence-electron chi connectivity index (χ0n) is 19.3. The van der Waals surface area contributed by atoms with Gasteiger partial charge in [-0.3, -0.25) is 0 Å². The Kier molecular flexibility index (Phi) is 15.7. The Morgan fingerprint density at radius 1 is 0.633 bits per heavy atom. The zero-order chi connectivity index (χ0) is 21.9. The van der Waals surface area contributed by atoms with Crippen molar-refractivity contribution in [3.8, 4) is 0 Å². The molecule has 1 rings (SSSR count). The normalized spacial score (nSPS) is 10.7. The highest BCUT2D eigenvalue weighted by Crippen LogP contribution is 2.14. The van der Waals surface area contributed by atoms with Gasteiger partial charge in [0.1, 0.15) is 0 Å². The molecule has 0 aliphatic carbocycles. The molecule has 0 fully saturated rings. The van der Waals surface area contributed by atoms with Crippen LogP contribution in [0.2, 0.25) is 0 Å². The molecule has 4 nitrogen and oxygen atoms in total. The average Bonchev–Trinajstić information content (AvgIpc) is 2.78. The van der Waals surface area contributed by atoms with Gasteiger partial charge in [-0.2, -0.15) is 0 Å². The first-order chi connectivity index (χ1) is 14.7. The van der Waals surface area contributed by atoms with Gasteiger partial charge in [0.25, 0.3) is 0 Å². The van der Waals surface area contributed by atoms with Gasteiger partial charge < -0.3 is 9.47 Å². The van der Waals surface area contributed by atoms with E-state index in [1.54, 1.807) is 24.3 Å². The number of carbonyl (C=O) groups excluding carboxylic acids is 2. The first-order valence-corrected chi connectivity index (χ1v) is 12.0. The Morgan fingerprint density at radius 3 is 1.47 bits per heavy atom. The largest absolute Gasteiger partial charge is 0.465 e. The van der Waals surface area contributed by atoms with E-state index in [0.717, 1.165) is 12.8 Å². The van der Waals surface area contributed by atoms with Crippen LogP contribution in [0.25, 0.3) is 0 Å². The van der Waals surface area contributed by atoms with Gasteiger partial charge in [0, 0.05) is 0 Å². The molecule has 0 amide bonds. The number of hydrogen-bond donors (Lipinski definition) is 0. The van der Waals surface area contributed by atoms with Crippen molar-refractivity contribution in [3.05, 3.63) is 35.4 Å². The number of benzene rings is 1. The van der Waals surface area contributed by atoms with E-state index >= 15 is 0 Å². The van der Waals surface area contributed by atoms with E-state index in [-0.39, 0.29) is 11.1 Å². The van der Waals surface area contributed by atoms with Gasteiger partial charge in [0.05, 0.1) is 24.8 Å². The number of unbranched alkanes of at least 4 members (excludes halogenated alkanes) is 14. The van der Waals surface area contributed by atoms with Crippen molar-refractivity contribution in [2.45, 2.75) is 103 Å². The third-order valence-corrected chi connectivity index (χ3v) is 5.53. The van der Waals surface area contributed by atoms with Crippen molar-refractivity contribution in [3.63, 3.8) is 0 Å². The molecule has 30 heavy (non-hydrogen) atoms. The maximum absolute atomic E-state index is 12.2. The molecule has 0 heterocycles. The number of hydrogen-bond acceptors (Lipinski definition) is 4. The summed E-state index contributed by atoms with van der Waals surface area (Å²) in [6.07, 6.45) is 19.6. The summed E-state index contributed by atoms with van der Waals surface area (Å²) in [4.78, 5) is 23.9. The Balaban J connectivity index is 1.96. The quantitative estimate of drug-likeness (QED) is 0.183. The molecule has 0 aromatic heterocycles. The van der Waals surface area contributed by atoms with E-state index in [1.165, 1.54) is 90.6 Å². The van der Waals surface area contributed by atoms with Crippen molar-refractivity contribution >= 4 is 11.9 Å². The van der Waals surface area contributed by atoms with Crippen LogP contribution in [-0.4, -0.2) is 25.7 Å². The van der Waals surface area contributed by atoms with E-state index in [0.29, 0.717) is 6.61 Å². The van der Waals surface area contributed by atoms with Crippen LogP contribution in [0.15, 0.2) is 24.3 Å². The Labute approximate surface area is 183 Å². The topological polar surface area (TPSA) is 52.6 Å². The lowest BCUT2D eigenvalue weighted by Gasteiger charge is -2.08. The van der Waals surface area contributed by atoms with Gasteiger partial charge in [-0.1, -0.05) is 109 Å². The Morgan fingerprint density at radius 2 is 1.03 bits per heavy atom. The second kappa shape index (κ2) is 18.0. The minimum absolute atomic E-state index is 0.251. The standard InChI is InChI=1S/C26H42O4/c1-3-4-5-6-7-8-9-10-11-12-13-14-15-16-19-22-30-26(28)24-21-18-17-20-23(24)25(27)29-2/h17-18,20-21H,3-16,19,22H2,1-2H3. The second-order valence-electron chi connectivity index (χ2n) is 8.12.